The van der Waals surface area contributed by atoms with E-state index in [1.807, 2.05) is 6.07 Å². The molecule has 1 unspecified atom stereocenters. The molecule has 0 aliphatic carbocycles. The highest BCUT2D eigenvalue weighted by Crippen LogP contribution is 2.31. The minimum absolute atomic E-state index is 0.212. The summed E-state index contributed by atoms with van der Waals surface area (Å²) in [5.41, 5.74) is 3.59. The van der Waals surface area contributed by atoms with Crippen LogP contribution >= 0.6 is 0 Å². The van der Waals surface area contributed by atoms with Crippen LogP contribution in [0.15, 0.2) is 47.1 Å². The van der Waals surface area contributed by atoms with Crippen molar-refractivity contribution >= 4 is 17.7 Å². The van der Waals surface area contributed by atoms with E-state index in [0.717, 1.165) is 0 Å². The number of hydrogen-bond donors (Lipinski definition) is 2. The molecule has 1 atom stereocenters. The van der Waals surface area contributed by atoms with E-state index in [2.05, 4.69) is 10.7 Å². The van der Waals surface area contributed by atoms with Crippen molar-refractivity contribution in [2.45, 2.75) is 13.1 Å². The summed E-state index contributed by atoms with van der Waals surface area (Å²) in [7, 11) is 0. The normalized spacial score (nSPS) is 16.7. The van der Waals surface area contributed by atoms with Crippen molar-refractivity contribution in [1.82, 2.24) is 10.4 Å². The number of nitrogens with one attached hydrogen (secondary N) is 2. The summed E-state index contributed by atoms with van der Waals surface area (Å²) >= 11 is 0. The average Bonchev–Trinajstić information content (AvgIpc) is 3.04. The molecule has 1 aliphatic heterocycles. The van der Waals surface area contributed by atoms with Crippen LogP contribution in [0.2, 0.25) is 0 Å². The Morgan fingerprint density at radius 2 is 2.18 bits per heavy atom. The number of carbonyl (C=O) groups excluding carboxylic acids is 2. The van der Waals surface area contributed by atoms with Gasteiger partial charge in [0.2, 0.25) is 0 Å². The van der Waals surface area contributed by atoms with Gasteiger partial charge in [-0.15, -0.1) is 0 Å². The van der Waals surface area contributed by atoms with Gasteiger partial charge in [0.15, 0.2) is 6.17 Å². The maximum atomic E-state index is 12.6. The molecule has 2 N–H and O–H groups in total. The standard InChI is InChI=1S/C15H15N3O4/c1-2-21-15(20)17-18-13(12-8-5-9-22-12)16-11-7-4-3-6-10(11)14(18)19/h3-9,13,16H,2H2,1H3,(H,17,20). The second-order valence-electron chi connectivity index (χ2n) is 4.62. The number of ether oxygens (including phenoxy) is 1. The number of hydrogen-bond acceptors (Lipinski definition) is 5. The first kappa shape index (κ1) is 14.0. The SMILES string of the molecule is CCOC(=O)NN1C(=O)c2ccccc2NC1c1ccco1. The quantitative estimate of drug-likeness (QED) is 0.910. The molecule has 2 heterocycles. The maximum Gasteiger partial charge on any atom is 0.426 e. The Kier molecular flexibility index (Phi) is 3.69. The summed E-state index contributed by atoms with van der Waals surface area (Å²) in [5, 5.41) is 4.33. The minimum atomic E-state index is -0.700. The van der Waals surface area contributed by atoms with Crippen molar-refractivity contribution in [2.75, 3.05) is 11.9 Å². The van der Waals surface area contributed by atoms with Crippen LogP contribution in [0.25, 0.3) is 0 Å². The highest BCUT2D eigenvalue weighted by molar-refractivity contribution is 6.02. The monoisotopic (exact) mass is 301 g/mol. The van der Waals surface area contributed by atoms with E-state index in [1.54, 1.807) is 37.3 Å². The summed E-state index contributed by atoms with van der Waals surface area (Å²) in [6, 6.07) is 10.5. The average molecular weight is 301 g/mol. The summed E-state index contributed by atoms with van der Waals surface area (Å²) in [5.74, 6) is 0.156. The van der Waals surface area contributed by atoms with Crippen LogP contribution in [0.3, 0.4) is 0 Å². The van der Waals surface area contributed by atoms with Crippen LogP contribution in [-0.2, 0) is 4.74 Å². The molecule has 1 aromatic heterocycles. The van der Waals surface area contributed by atoms with Crippen molar-refractivity contribution in [3.05, 3.63) is 54.0 Å². The fraction of sp³-hybridized carbons (Fsp3) is 0.200. The Morgan fingerprint density at radius 3 is 2.91 bits per heavy atom. The predicted octanol–water partition coefficient (Wildman–Crippen LogP) is 2.51. The molecule has 0 fully saturated rings. The predicted molar refractivity (Wildman–Crippen MR) is 77.8 cm³/mol. The Hall–Kier alpha value is -2.96. The Labute approximate surface area is 126 Å². The van der Waals surface area contributed by atoms with Crippen LogP contribution in [0.1, 0.15) is 29.2 Å². The lowest BCUT2D eigenvalue weighted by Gasteiger charge is -2.35. The molecule has 1 aromatic carbocycles. The molecule has 7 nitrogen and oxygen atoms in total. The number of amides is 2. The number of furan rings is 1. The number of rotatable bonds is 3. The molecule has 2 amide bonds. The lowest BCUT2D eigenvalue weighted by atomic mass is 10.1. The van der Waals surface area contributed by atoms with Gasteiger partial charge in [-0.3, -0.25) is 4.79 Å². The minimum Gasteiger partial charge on any atom is -0.465 e. The first-order valence-corrected chi connectivity index (χ1v) is 6.86. The fourth-order valence-electron chi connectivity index (χ4n) is 2.28. The smallest absolute Gasteiger partial charge is 0.426 e. The summed E-state index contributed by atoms with van der Waals surface area (Å²) in [6.07, 6.45) is 0.153. The number of para-hydroxylation sites is 1. The molecule has 0 saturated heterocycles. The van der Waals surface area contributed by atoms with E-state index >= 15 is 0 Å². The number of anilines is 1. The Morgan fingerprint density at radius 1 is 1.36 bits per heavy atom. The van der Waals surface area contributed by atoms with Gasteiger partial charge >= 0.3 is 6.09 Å². The number of benzene rings is 1. The number of nitrogens with zero attached hydrogens (tertiary/aromatic N) is 1. The molecule has 22 heavy (non-hydrogen) atoms. The second kappa shape index (κ2) is 5.80. The van der Waals surface area contributed by atoms with E-state index in [-0.39, 0.29) is 12.5 Å². The van der Waals surface area contributed by atoms with Crippen molar-refractivity contribution in [1.29, 1.82) is 0 Å². The lowest BCUT2D eigenvalue weighted by Crippen LogP contribution is -2.52. The molecule has 1 aliphatic rings. The van der Waals surface area contributed by atoms with Crippen LogP contribution in [0, 0.1) is 0 Å². The van der Waals surface area contributed by atoms with E-state index in [4.69, 9.17) is 9.15 Å². The Bertz CT molecular complexity index is 684. The number of hydrazine groups is 1. The molecule has 0 radical (unpaired) electrons. The summed E-state index contributed by atoms with van der Waals surface area (Å²) in [4.78, 5) is 24.3. The highest BCUT2D eigenvalue weighted by atomic mass is 16.6. The van der Waals surface area contributed by atoms with Crippen LogP contribution in [0.4, 0.5) is 10.5 Å². The van der Waals surface area contributed by atoms with Gasteiger partial charge in [-0.1, -0.05) is 12.1 Å². The molecular weight excluding hydrogens is 286 g/mol. The van der Waals surface area contributed by atoms with Crippen molar-refractivity contribution in [2.24, 2.45) is 0 Å². The van der Waals surface area contributed by atoms with E-state index in [0.29, 0.717) is 17.0 Å². The number of carbonyl (C=O) groups is 2. The third-order valence-electron chi connectivity index (χ3n) is 3.23. The van der Waals surface area contributed by atoms with E-state index in [9.17, 15) is 9.59 Å². The van der Waals surface area contributed by atoms with Crippen LogP contribution < -0.4 is 10.7 Å². The Balaban J connectivity index is 1.95. The maximum absolute atomic E-state index is 12.6. The molecule has 7 heteroatoms. The molecule has 3 rings (SSSR count). The molecule has 2 aromatic rings. The lowest BCUT2D eigenvalue weighted by molar-refractivity contribution is 0.0479. The van der Waals surface area contributed by atoms with Gasteiger partial charge in [0, 0.05) is 5.69 Å². The zero-order valence-corrected chi connectivity index (χ0v) is 11.9. The molecule has 0 spiro atoms. The van der Waals surface area contributed by atoms with Crippen LogP contribution in [-0.4, -0.2) is 23.6 Å². The molecular formula is C15H15N3O4. The van der Waals surface area contributed by atoms with E-state index in [1.165, 1.54) is 11.3 Å². The molecule has 114 valence electrons. The summed E-state index contributed by atoms with van der Waals surface area (Å²) in [6.45, 7) is 1.90. The zero-order valence-electron chi connectivity index (χ0n) is 11.9. The largest absolute Gasteiger partial charge is 0.465 e. The third kappa shape index (κ3) is 2.48. The molecule has 0 bridgehead atoms. The topological polar surface area (TPSA) is 83.8 Å². The molecule has 0 saturated carbocycles. The first-order valence-electron chi connectivity index (χ1n) is 6.86. The second-order valence-corrected chi connectivity index (χ2v) is 4.62. The fourth-order valence-corrected chi connectivity index (χ4v) is 2.28. The van der Waals surface area contributed by atoms with Gasteiger partial charge in [0.05, 0.1) is 18.4 Å². The van der Waals surface area contributed by atoms with Gasteiger partial charge in [-0.05, 0) is 31.2 Å². The third-order valence-corrected chi connectivity index (χ3v) is 3.23. The summed E-state index contributed by atoms with van der Waals surface area (Å²) < 4.78 is 10.2. The van der Waals surface area contributed by atoms with E-state index < -0.39 is 12.3 Å². The van der Waals surface area contributed by atoms with Gasteiger partial charge in [0.25, 0.3) is 5.91 Å². The van der Waals surface area contributed by atoms with Gasteiger partial charge in [0.1, 0.15) is 5.76 Å². The van der Waals surface area contributed by atoms with Crippen LogP contribution in [0.5, 0.6) is 0 Å². The van der Waals surface area contributed by atoms with Crippen molar-refractivity contribution < 1.29 is 18.7 Å². The van der Waals surface area contributed by atoms with Crippen molar-refractivity contribution in [3.63, 3.8) is 0 Å². The highest BCUT2D eigenvalue weighted by Gasteiger charge is 2.35. The first-order chi connectivity index (χ1) is 10.7. The van der Waals surface area contributed by atoms with Crippen molar-refractivity contribution in [3.8, 4) is 0 Å². The van der Waals surface area contributed by atoms with Gasteiger partial charge in [-0.25, -0.2) is 15.2 Å². The van der Waals surface area contributed by atoms with Gasteiger partial charge < -0.3 is 14.5 Å². The van der Waals surface area contributed by atoms with Gasteiger partial charge in [-0.2, -0.15) is 0 Å². The zero-order chi connectivity index (χ0) is 15.5. The number of fused-ring (bicyclic) bond motifs is 1.